The highest BCUT2D eigenvalue weighted by molar-refractivity contribution is 7.80. The molecule has 0 fully saturated rings. The van der Waals surface area contributed by atoms with Gasteiger partial charge in [-0.3, -0.25) is 14.9 Å². The van der Waals surface area contributed by atoms with Gasteiger partial charge in [0, 0.05) is 29.1 Å². The molecule has 2 aromatic carbocycles. The third-order valence-corrected chi connectivity index (χ3v) is 3.05. The summed E-state index contributed by atoms with van der Waals surface area (Å²) in [5, 5.41) is 16.8. The second-order valence-corrected chi connectivity index (χ2v) is 4.93. The van der Waals surface area contributed by atoms with Gasteiger partial charge in [-0.2, -0.15) is 0 Å². The monoisotopic (exact) mass is 315 g/mol. The Bertz CT molecular complexity index is 685. The smallest absolute Gasteiger partial charge is 0.271 e. The summed E-state index contributed by atoms with van der Waals surface area (Å²) in [7, 11) is 0. The Balaban J connectivity index is 2.07. The molecule has 6 nitrogen and oxygen atoms in total. The maximum absolute atomic E-state index is 11.3. The van der Waals surface area contributed by atoms with Crippen LogP contribution in [0.3, 0.4) is 0 Å². The first-order valence-electron chi connectivity index (χ1n) is 6.39. The first-order valence-corrected chi connectivity index (χ1v) is 6.80. The molecule has 0 bridgehead atoms. The Hall–Kier alpha value is -2.80. The molecule has 0 spiro atoms. The number of ketones is 1. The summed E-state index contributed by atoms with van der Waals surface area (Å²) in [5.41, 5.74) is 1.72. The van der Waals surface area contributed by atoms with E-state index in [1.165, 1.54) is 19.1 Å². The third-order valence-electron chi connectivity index (χ3n) is 2.84. The number of nitro groups is 1. The van der Waals surface area contributed by atoms with Gasteiger partial charge in [0.15, 0.2) is 10.9 Å². The predicted octanol–water partition coefficient (Wildman–Crippen LogP) is 3.61. The number of nitrogens with zero attached hydrogens (tertiary/aromatic N) is 1. The molecule has 2 N–H and O–H groups in total. The predicted molar refractivity (Wildman–Crippen MR) is 89.4 cm³/mol. The van der Waals surface area contributed by atoms with Crippen molar-refractivity contribution in [2.75, 3.05) is 10.6 Å². The minimum atomic E-state index is -0.474. The van der Waals surface area contributed by atoms with E-state index in [0.717, 1.165) is 0 Å². The fourth-order valence-corrected chi connectivity index (χ4v) is 2.04. The fourth-order valence-electron chi connectivity index (χ4n) is 1.81. The highest BCUT2D eigenvalue weighted by atomic mass is 32.1. The number of Topliss-reactive ketones (excluding diaryl/α,β-unsaturated/α-hetero) is 1. The van der Waals surface area contributed by atoms with Crippen LogP contribution in [0.15, 0.2) is 48.5 Å². The molecule has 0 aliphatic rings. The lowest BCUT2D eigenvalue weighted by Gasteiger charge is -2.11. The molecular formula is C15H13N3O3S. The zero-order valence-corrected chi connectivity index (χ0v) is 12.5. The number of nitrogens with one attached hydrogen (secondary N) is 2. The van der Waals surface area contributed by atoms with Crippen LogP contribution in [0.5, 0.6) is 0 Å². The summed E-state index contributed by atoms with van der Waals surface area (Å²) >= 11 is 5.16. The van der Waals surface area contributed by atoms with Crippen molar-refractivity contribution in [1.29, 1.82) is 0 Å². The average molecular weight is 315 g/mol. The standard InChI is InChI=1S/C15H13N3O3S/c1-10(19)11-4-2-5-12(8-11)16-15(22)17-13-6-3-7-14(9-13)18(20)21/h2-9H,1H3,(H2,16,17,22). The van der Waals surface area contributed by atoms with Gasteiger partial charge >= 0.3 is 0 Å². The van der Waals surface area contributed by atoms with Gasteiger partial charge in [-0.05, 0) is 37.3 Å². The second kappa shape index (κ2) is 6.77. The second-order valence-electron chi connectivity index (χ2n) is 4.52. The highest BCUT2D eigenvalue weighted by Crippen LogP contribution is 2.18. The summed E-state index contributed by atoms with van der Waals surface area (Å²) in [4.78, 5) is 21.6. The summed E-state index contributed by atoms with van der Waals surface area (Å²) < 4.78 is 0. The number of non-ortho nitro benzene ring substituents is 1. The normalized spacial score (nSPS) is 9.86. The Labute approximate surface area is 132 Å². The Kier molecular flexibility index (Phi) is 4.80. The SMILES string of the molecule is CC(=O)c1cccc(NC(=S)Nc2cccc([N+](=O)[O-])c2)c1. The van der Waals surface area contributed by atoms with E-state index < -0.39 is 4.92 Å². The van der Waals surface area contributed by atoms with Crippen molar-refractivity contribution in [2.24, 2.45) is 0 Å². The van der Waals surface area contributed by atoms with E-state index in [1.807, 2.05) is 0 Å². The van der Waals surface area contributed by atoms with Crippen LogP contribution in [0.2, 0.25) is 0 Å². The van der Waals surface area contributed by atoms with Gasteiger partial charge < -0.3 is 10.6 Å². The largest absolute Gasteiger partial charge is 0.332 e. The summed E-state index contributed by atoms with van der Waals surface area (Å²) in [6.45, 7) is 1.48. The molecule has 0 atom stereocenters. The number of hydrogen-bond donors (Lipinski definition) is 2. The van der Waals surface area contributed by atoms with Crippen molar-refractivity contribution in [3.8, 4) is 0 Å². The Morgan fingerprint density at radius 2 is 1.68 bits per heavy atom. The van der Waals surface area contributed by atoms with Crippen LogP contribution >= 0.6 is 12.2 Å². The van der Waals surface area contributed by atoms with Crippen LogP contribution in [0.4, 0.5) is 17.1 Å². The van der Waals surface area contributed by atoms with Crippen LogP contribution in [-0.2, 0) is 0 Å². The number of anilines is 2. The van der Waals surface area contributed by atoms with E-state index in [0.29, 0.717) is 16.9 Å². The number of hydrogen-bond acceptors (Lipinski definition) is 4. The Morgan fingerprint density at radius 3 is 2.27 bits per heavy atom. The van der Waals surface area contributed by atoms with Gasteiger partial charge in [0.25, 0.3) is 5.69 Å². The summed E-state index contributed by atoms with van der Waals surface area (Å²) in [6.07, 6.45) is 0. The molecule has 0 saturated carbocycles. The van der Waals surface area contributed by atoms with Crippen molar-refractivity contribution in [2.45, 2.75) is 6.92 Å². The number of benzene rings is 2. The van der Waals surface area contributed by atoms with Crippen molar-refractivity contribution in [1.82, 2.24) is 0 Å². The minimum Gasteiger partial charge on any atom is -0.332 e. The van der Waals surface area contributed by atoms with E-state index in [-0.39, 0.29) is 16.6 Å². The van der Waals surface area contributed by atoms with Gasteiger partial charge in [-0.1, -0.05) is 18.2 Å². The lowest BCUT2D eigenvalue weighted by molar-refractivity contribution is -0.384. The molecule has 112 valence electrons. The number of carbonyl (C=O) groups is 1. The molecule has 0 saturated heterocycles. The molecule has 0 aromatic heterocycles. The van der Waals surface area contributed by atoms with Crippen LogP contribution in [0, 0.1) is 10.1 Å². The first kappa shape index (κ1) is 15.6. The molecule has 0 heterocycles. The maximum Gasteiger partial charge on any atom is 0.271 e. The van der Waals surface area contributed by atoms with Gasteiger partial charge in [-0.25, -0.2) is 0 Å². The van der Waals surface area contributed by atoms with E-state index in [2.05, 4.69) is 10.6 Å². The molecule has 0 unspecified atom stereocenters. The molecule has 22 heavy (non-hydrogen) atoms. The van der Waals surface area contributed by atoms with E-state index in [9.17, 15) is 14.9 Å². The molecule has 7 heteroatoms. The molecule has 0 radical (unpaired) electrons. The molecule has 2 aromatic rings. The number of thiocarbonyl (C=S) groups is 1. The zero-order chi connectivity index (χ0) is 16.1. The van der Waals surface area contributed by atoms with Gasteiger partial charge in [0.2, 0.25) is 0 Å². The van der Waals surface area contributed by atoms with Crippen LogP contribution in [0.25, 0.3) is 0 Å². The summed E-state index contributed by atoms with van der Waals surface area (Å²) in [6, 6.07) is 12.9. The third kappa shape index (κ3) is 4.10. The average Bonchev–Trinajstić information content (AvgIpc) is 2.47. The Morgan fingerprint density at radius 1 is 1.09 bits per heavy atom. The number of nitro benzene ring substituents is 1. The minimum absolute atomic E-state index is 0.0219. The molecule has 0 aliphatic heterocycles. The number of carbonyl (C=O) groups excluding carboxylic acids is 1. The van der Waals surface area contributed by atoms with Gasteiger partial charge in [0.1, 0.15) is 0 Å². The zero-order valence-electron chi connectivity index (χ0n) is 11.7. The maximum atomic E-state index is 11.3. The van der Waals surface area contributed by atoms with Crippen molar-refractivity contribution >= 4 is 40.2 Å². The molecule has 2 rings (SSSR count). The van der Waals surface area contributed by atoms with Crippen molar-refractivity contribution < 1.29 is 9.72 Å². The van der Waals surface area contributed by atoms with E-state index >= 15 is 0 Å². The van der Waals surface area contributed by atoms with E-state index in [1.54, 1.807) is 36.4 Å². The highest BCUT2D eigenvalue weighted by Gasteiger charge is 2.07. The van der Waals surface area contributed by atoms with Crippen LogP contribution in [0.1, 0.15) is 17.3 Å². The summed E-state index contributed by atoms with van der Waals surface area (Å²) in [5.74, 6) is -0.0405. The van der Waals surface area contributed by atoms with Crippen LogP contribution < -0.4 is 10.6 Å². The van der Waals surface area contributed by atoms with Gasteiger partial charge in [0.05, 0.1) is 4.92 Å². The van der Waals surface area contributed by atoms with Crippen molar-refractivity contribution in [3.05, 3.63) is 64.2 Å². The quantitative estimate of drug-likeness (QED) is 0.388. The molecular weight excluding hydrogens is 302 g/mol. The molecule has 0 amide bonds. The first-order chi connectivity index (χ1) is 10.5. The molecule has 0 aliphatic carbocycles. The van der Waals surface area contributed by atoms with Gasteiger partial charge in [-0.15, -0.1) is 0 Å². The van der Waals surface area contributed by atoms with Crippen LogP contribution in [-0.4, -0.2) is 15.8 Å². The lowest BCUT2D eigenvalue weighted by atomic mass is 10.1. The number of rotatable bonds is 4. The fraction of sp³-hybridized carbons (Fsp3) is 0.0667. The van der Waals surface area contributed by atoms with E-state index in [4.69, 9.17) is 12.2 Å². The lowest BCUT2D eigenvalue weighted by Crippen LogP contribution is -2.19. The van der Waals surface area contributed by atoms with Crippen molar-refractivity contribution in [3.63, 3.8) is 0 Å². The topological polar surface area (TPSA) is 84.3 Å².